The molecule has 0 radical (unpaired) electrons. The van der Waals surface area contributed by atoms with E-state index < -0.39 is 8.60 Å². The van der Waals surface area contributed by atoms with E-state index in [9.17, 15) is 9.79 Å². The second-order valence-electron chi connectivity index (χ2n) is 4.84. The van der Waals surface area contributed by atoms with Gasteiger partial charge in [0.25, 0.3) is 0 Å². The maximum absolute atomic E-state index is 9.18. The summed E-state index contributed by atoms with van der Waals surface area (Å²) in [6.45, 7) is 6.47. The van der Waals surface area contributed by atoms with Crippen LogP contribution in [0.2, 0.25) is 0 Å². The Hall–Kier alpha value is 0.310. The van der Waals surface area contributed by atoms with Crippen molar-refractivity contribution in [3.05, 3.63) is 0 Å². The normalized spacial score (nSPS) is 12.4. The summed E-state index contributed by atoms with van der Waals surface area (Å²) in [7, 11) is -2.24. The average Bonchev–Trinajstić information content (AvgIpc) is 2.30. The molecule has 0 bridgehead atoms. The van der Waals surface area contributed by atoms with Crippen molar-refractivity contribution in [2.24, 2.45) is 0 Å². The van der Waals surface area contributed by atoms with Crippen molar-refractivity contribution in [2.45, 2.75) is 84.2 Å². The fourth-order valence-electron chi connectivity index (χ4n) is 2.18. The van der Waals surface area contributed by atoms with Crippen LogP contribution in [0.3, 0.4) is 0 Å². The fraction of sp³-hybridized carbons (Fsp3) is 1.00. The average molecular weight is 264 g/mol. The zero-order chi connectivity index (χ0) is 13.1. The van der Waals surface area contributed by atoms with Crippen LogP contribution in [0.25, 0.3) is 0 Å². The molecule has 0 heterocycles. The van der Waals surface area contributed by atoms with Crippen molar-refractivity contribution in [1.29, 1.82) is 0 Å². The molecule has 0 saturated carbocycles. The zero-order valence-corrected chi connectivity index (χ0v) is 12.5. The molecule has 0 aliphatic carbocycles. The number of rotatable bonds is 11. The Morgan fingerprint density at radius 2 is 1.18 bits per heavy atom. The SMILES string of the molecule is CCCCC(CCCC)(CCCC)OP(O)O. The minimum absolute atomic E-state index is 0.294. The predicted octanol–water partition coefficient (Wildman–Crippen LogP) is 4.52. The standard InChI is InChI=1S/C13H29O3P/c1-4-7-10-13(11-8-5-2,12-9-6-3)16-17(14)15/h14-15H,4-12H2,1-3H3. The Labute approximate surface area is 108 Å². The molecule has 0 fully saturated rings. The van der Waals surface area contributed by atoms with Gasteiger partial charge in [-0.3, -0.25) is 0 Å². The molecule has 104 valence electrons. The van der Waals surface area contributed by atoms with Crippen LogP contribution in [0.4, 0.5) is 0 Å². The summed E-state index contributed by atoms with van der Waals surface area (Å²) in [6, 6.07) is 0. The van der Waals surface area contributed by atoms with Gasteiger partial charge in [0, 0.05) is 0 Å². The summed E-state index contributed by atoms with van der Waals surface area (Å²) >= 11 is 0. The molecule has 4 heteroatoms. The predicted molar refractivity (Wildman–Crippen MR) is 73.7 cm³/mol. The summed E-state index contributed by atoms with van der Waals surface area (Å²) in [5, 5.41) is 0. The van der Waals surface area contributed by atoms with E-state index in [0.29, 0.717) is 0 Å². The van der Waals surface area contributed by atoms with Crippen LogP contribution in [-0.2, 0) is 4.52 Å². The smallest absolute Gasteiger partial charge is 0.327 e. The van der Waals surface area contributed by atoms with E-state index in [1.165, 1.54) is 0 Å². The Kier molecular flexibility index (Phi) is 10.4. The molecular formula is C13H29O3P. The maximum Gasteiger partial charge on any atom is 0.327 e. The van der Waals surface area contributed by atoms with Crippen LogP contribution in [0.1, 0.15) is 78.6 Å². The van der Waals surface area contributed by atoms with Crippen molar-refractivity contribution < 1.29 is 14.3 Å². The molecule has 0 aromatic carbocycles. The zero-order valence-electron chi connectivity index (χ0n) is 11.6. The molecule has 0 aromatic rings. The Bertz CT molecular complexity index is 152. The van der Waals surface area contributed by atoms with E-state index in [1.807, 2.05) is 0 Å². The minimum Gasteiger partial charge on any atom is -0.328 e. The number of hydrogen-bond donors (Lipinski definition) is 2. The van der Waals surface area contributed by atoms with Crippen LogP contribution < -0.4 is 0 Å². The lowest BCUT2D eigenvalue weighted by molar-refractivity contribution is 0.0232. The van der Waals surface area contributed by atoms with Gasteiger partial charge >= 0.3 is 8.60 Å². The maximum atomic E-state index is 9.18. The van der Waals surface area contributed by atoms with Crippen LogP contribution in [0.5, 0.6) is 0 Å². The number of unbranched alkanes of at least 4 members (excludes halogenated alkanes) is 3. The van der Waals surface area contributed by atoms with E-state index in [2.05, 4.69) is 20.8 Å². The molecule has 0 atom stereocenters. The largest absolute Gasteiger partial charge is 0.328 e. The van der Waals surface area contributed by atoms with Gasteiger partial charge in [-0.1, -0.05) is 59.3 Å². The van der Waals surface area contributed by atoms with Crippen molar-refractivity contribution in [3.8, 4) is 0 Å². The van der Waals surface area contributed by atoms with Crippen molar-refractivity contribution in [2.75, 3.05) is 0 Å². The summed E-state index contributed by atoms with van der Waals surface area (Å²) in [4.78, 5) is 18.4. The highest BCUT2D eigenvalue weighted by Crippen LogP contribution is 2.41. The second-order valence-corrected chi connectivity index (χ2v) is 5.53. The molecule has 2 N–H and O–H groups in total. The fourth-order valence-corrected chi connectivity index (χ4v) is 2.80. The van der Waals surface area contributed by atoms with Gasteiger partial charge in [0.2, 0.25) is 0 Å². The molecule has 0 aliphatic rings. The monoisotopic (exact) mass is 264 g/mol. The summed E-state index contributed by atoms with van der Waals surface area (Å²) in [5.74, 6) is 0. The van der Waals surface area contributed by atoms with Gasteiger partial charge in [-0.15, -0.1) is 0 Å². The van der Waals surface area contributed by atoms with Gasteiger partial charge in [0.15, 0.2) is 0 Å². The lowest BCUT2D eigenvalue weighted by Gasteiger charge is -2.34. The van der Waals surface area contributed by atoms with E-state index in [0.717, 1.165) is 57.8 Å². The Morgan fingerprint density at radius 3 is 1.41 bits per heavy atom. The van der Waals surface area contributed by atoms with Crippen molar-refractivity contribution in [3.63, 3.8) is 0 Å². The molecule has 0 unspecified atom stereocenters. The molecule has 0 spiro atoms. The molecular weight excluding hydrogens is 235 g/mol. The highest BCUT2D eigenvalue weighted by atomic mass is 31.2. The van der Waals surface area contributed by atoms with E-state index in [1.54, 1.807) is 0 Å². The first-order chi connectivity index (χ1) is 8.10. The summed E-state index contributed by atoms with van der Waals surface area (Å²) < 4.78 is 5.52. The molecule has 0 aromatic heterocycles. The molecule has 17 heavy (non-hydrogen) atoms. The summed E-state index contributed by atoms with van der Waals surface area (Å²) in [5.41, 5.74) is -0.294. The van der Waals surface area contributed by atoms with E-state index in [4.69, 9.17) is 4.52 Å². The van der Waals surface area contributed by atoms with Crippen LogP contribution in [0, 0.1) is 0 Å². The van der Waals surface area contributed by atoms with Crippen molar-refractivity contribution in [1.82, 2.24) is 0 Å². The Morgan fingerprint density at radius 1 is 0.824 bits per heavy atom. The topological polar surface area (TPSA) is 49.7 Å². The highest BCUT2D eigenvalue weighted by Gasteiger charge is 2.32. The third-order valence-electron chi connectivity index (χ3n) is 3.23. The highest BCUT2D eigenvalue weighted by molar-refractivity contribution is 7.39. The first-order valence-electron chi connectivity index (χ1n) is 6.97. The minimum atomic E-state index is -2.24. The second kappa shape index (κ2) is 10.3. The lowest BCUT2D eigenvalue weighted by atomic mass is 9.86. The van der Waals surface area contributed by atoms with Gasteiger partial charge in [-0.2, -0.15) is 0 Å². The van der Waals surface area contributed by atoms with E-state index in [-0.39, 0.29) is 5.60 Å². The Balaban J connectivity index is 4.51. The van der Waals surface area contributed by atoms with Crippen LogP contribution >= 0.6 is 8.60 Å². The number of hydrogen-bond acceptors (Lipinski definition) is 3. The van der Waals surface area contributed by atoms with Gasteiger partial charge in [0.05, 0.1) is 5.60 Å². The third kappa shape index (κ3) is 8.10. The van der Waals surface area contributed by atoms with Gasteiger partial charge in [-0.05, 0) is 19.3 Å². The van der Waals surface area contributed by atoms with Gasteiger partial charge in [-0.25, -0.2) is 0 Å². The molecule has 0 amide bonds. The van der Waals surface area contributed by atoms with Crippen molar-refractivity contribution >= 4 is 8.60 Å². The van der Waals surface area contributed by atoms with Gasteiger partial charge < -0.3 is 14.3 Å². The molecule has 0 aliphatic heterocycles. The van der Waals surface area contributed by atoms with Crippen LogP contribution in [-0.4, -0.2) is 15.4 Å². The molecule has 3 nitrogen and oxygen atoms in total. The van der Waals surface area contributed by atoms with Crippen LogP contribution in [0.15, 0.2) is 0 Å². The molecule has 0 saturated heterocycles. The molecule has 0 rings (SSSR count). The first kappa shape index (κ1) is 17.3. The quantitative estimate of drug-likeness (QED) is 0.539. The van der Waals surface area contributed by atoms with Gasteiger partial charge in [0.1, 0.15) is 0 Å². The van der Waals surface area contributed by atoms with E-state index >= 15 is 0 Å². The third-order valence-corrected chi connectivity index (χ3v) is 3.78. The lowest BCUT2D eigenvalue weighted by Crippen LogP contribution is -2.31. The summed E-state index contributed by atoms with van der Waals surface area (Å²) in [6.07, 6.45) is 9.49. The first-order valence-corrected chi connectivity index (χ1v) is 8.13.